The lowest BCUT2D eigenvalue weighted by molar-refractivity contribution is 0.102. The van der Waals surface area contributed by atoms with Crippen molar-refractivity contribution in [1.29, 1.82) is 0 Å². The van der Waals surface area contributed by atoms with Crippen LogP contribution < -0.4 is 5.32 Å². The molecule has 27 heavy (non-hydrogen) atoms. The molecule has 3 aromatic carbocycles. The third kappa shape index (κ3) is 3.31. The Labute approximate surface area is 155 Å². The largest absolute Gasteiger partial charge is 0.355 e. The Morgan fingerprint density at radius 1 is 1.00 bits per heavy atom. The molecule has 0 aliphatic heterocycles. The fourth-order valence-corrected chi connectivity index (χ4v) is 2.96. The molecule has 0 aliphatic rings. The monoisotopic (exact) mass is 360 g/mol. The number of aromatic nitrogens is 1. The van der Waals surface area contributed by atoms with Crippen LogP contribution >= 0.6 is 0 Å². The van der Waals surface area contributed by atoms with Crippen LogP contribution in [0.2, 0.25) is 0 Å². The Hall–Kier alpha value is -3.47. The number of carbonyl (C=O) groups is 1. The second-order valence-electron chi connectivity index (χ2n) is 6.52. The minimum atomic E-state index is -0.334. The molecule has 0 saturated heterocycles. The molecule has 0 unspecified atom stereocenters. The van der Waals surface area contributed by atoms with Gasteiger partial charge in [-0.15, -0.1) is 0 Å². The minimum absolute atomic E-state index is 0.275. The van der Waals surface area contributed by atoms with E-state index in [1.165, 1.54) is 12.1 Å². The number of halogens is 1. The van der Waals surface area contributed by atoms with Crippen molar-refractivity contribution < 1.29 is 13.7 Å². The first-order valence-electron chi connectivity index (χ1n) is 8.55. The van der Waals surface area contributed by atoms with Gasteiger partial charge >= 0.3 is 0 Å². The first-order valence-corrected chi connectivity index (χ1v) is 8.55. The molecule has 4 rings (SSSR count). The zero-order valence-corrected chi connectivity index (χ0v) is 14.9. The Bertz CT molecular complexity index is 1150. The summed E-state index contributed by atoms with van der Waals surface area (Å²) in [6, 6.07) is 17.4. The Balaban J connectivity index is 1.69. The van der Waals surface area contributed by atoms with Crippen molar-refractivity contribution in [2.45, 2.75) is 13.8 Å². The van der Waals surface area contributed by atoms with Crippen LogP contribution in [0.15, 0.2) is 65.2 Å². The number of hydrogen-bond acceptors (Lipinski definition) is 3. The third-order valence-electron chi connectivity index (χ3n) is 4.49. The van der Waals surface area contributed by atoms with E-state index in [-0.39, 0.29) is 11.7 Å². The topological polar surface area (TPSA) is 55.1 Å². The van der Waals surface area contributed by atoms with E-state index in [0.29, 0.717) is 28.1 Å². The summed E-state index contributed by atoms with van der Waals surface area (Å²) in [5.41, 5.74) is 4.44. The average molecular weight is 360 g/mol. The quantitative estimate of drug-likeness (QED) is 0.525. The highest BCUT2D eigenvalue weighted by molar-refractivity contribution is 6.07. The molecule has 0 bridgehead atoms. The highest BCUT2D eigenvalue weighted by atomic mass is 19.1. The van der Waals surface area contributed by atoms with Crippen LogP contribution in [-0.4, -0.2) is 11.1 Å². The van der Waals surface area contributed by atoms with E-state index in [1.54, 1.807) is 31.2 Å². The summed E-state index contributed by atoms with van der Waals surface area (Å²) in [5, 5.41) is 7.66. The molecule has 5 heteroatoms. The van der Waals surface area contributed by atoms with Crippen molar-refractivity contribution in [3.8, 4) is 11.3 Å². The lowest BCUT2D eigenvalue weighted by Crippen LogP contribution is -2.12. The number of anilines is 1. The predicted molar refractivity (Wildman–Crippen MR) is 103 cm³/mol. The molecule has 134 valence electrons. The molecule has 4 nitrogen and oxygen atoms in total. The lowest BCUT2D eigenvalue weighted by atomic mass is 10.0. The van der Waals surface area contributed by atoms with Crippen LogP contribution in [0.5, 0.6) is 0 Å². The summed E-state index contributed by atoms with van der Waals surface area (Å²) in [5.74, 6) is 0.0133. The highest BCUT2D eigenvalue weighted by Gasteiger charge is 2.15. The number of nitrogens with one attached hydrogen (secondary N) is 1. The zero-order chi connectivity index (χ0) is 19.0. The van der Waals surface area contributed by atoms with Gasteiger partial charge < -0.3 is 9.84 Å². The fraction of sp³-hybridized carbons (Fsp3) is 0.0909. The summed E-state index contributed by atoms with van der Waals surface area (Å²) in [7, 11) is 0. The van der Waals surface area contributed by atoms with Crippen molar-refractivity contribution in [3.63, 3.8) is 0 Å². The molecule has 0 radical (unpaired) electrons. The number of carbonyl (C=O) groups excluding carboxylic acids is 1. The Kier molecular flexibility index (Phi) is 4.20. The molecular formula is C22H17FN2O2. The second kappa shape index (κ2) is 6.68. The van der Waals surface area contributed by atoms with E-state index in [4.69, 9.17) is 4.52 Å². The van der Waals surface area contributed by atoms with Gasteiger partial charge in [0.15, 0.2) is 5.76 Å². The van der Waals surface area contributed by atoms with E-state index in [0.717, 1.165) is 16.5 Å². The van der Waals surface area contributed by atoms with Crippen molar-refractivity contribution >= 4 is 22.5 Å². The predicted octanol–water partition coefficient (Wildman–Crippen LogP) is 5.50. The van der Waals surface area contributed by atoms with Gasteiger partial charge in [0, 0.05) is 16.8 Å². The van der Waals surface area contributed by atoms with Gasteiger partial charge in [-0.1, -0.05) is 35.0 Å². The maximum atomic E-state index is 13.2. The fourth-order valence-electron chi connectivity index (χ4n) is 2.96. The molecule has 0 saturated carbocycles. The van der Waals surface area contributed by atoms with Crippen molar-refractivity contribution in [3.05, 3.63) is 83.2 Å². The number of aryl methyl sites for hydroxylation is 2. The summed E-state index contributed by atoms with van der Waals surface area (Å²) in [6.07, 6.45) is 0. The minimum Gasteiger partial charge on any atom is -0.355 e. The summed E-state index contributed by atoms with van der Waals surface area (Å²) >= 11 is 0. The highest BCUT2D eigenvalue weighted by Crippen LogP contribution is 2.30. The molecule has 1 aromatic heterocycles. The maximum absolute atomic E-state index is 13.2. The number of fused-ring (bicyclic) bond motifs is 1. The molecule has 1 amide bonds. The van der Waals surface area contributed by atoms with Crippen LogP contribution in [0, 0.1) is 19.7 Å². The molecule has 0 fully saturated rings. The zero-order valence-electron chi connectivity index (χ0n) is 14.9. The number of amides is 1. The Morgan fingerprint density at radius 3 is 2.52 bits per heavy atom. The van der Waals surface area contributed by atoms with Crippen LogP contribution in [0.25, 0.3) is 22.2 Å². The van der Waals surface area contributed by atoms with E-state index in [9.17, 15) is 9.18 Å². The summed E-state index contributed by atoms with van der Waals surface area (Å²) < 4.78 is 18.8. The molecule has 0 aliphatic carbocycles. The van der Waals surface area contributed by atoms with E-state index < -0.39 is 0 Å². The molecule has 1 heterocycles. The average Bonchev–Trinajstić information content (AvgIpc) is 3.08. The molecule has 4 aromatic rings. The van der Waals surface area contributed by atoms with Crippen LogP contribution in [-0.2, 0) is 0 Å². The molecule has 0 atom stereocenters. The molecular weight excluding hydrogens is 343 g/mol. The van der Waals surface area contributed by atoms with Gasteiger partial charge in [0.2, 0.25) is 0 Å². The Morgan fingerprint density at radius 2 is 1.78 bits per heavy atom. The third-order valence-corrected chi connectivity index (χ3v) is 4.49. The summed E-state index contributed by atoms with van der Waals surface area (Å²) in [6.45, 7) is 3.76. The van der Waals surface area contributed by atoms with Gasteiger partial charge in [0.1, 0.15) is 11.3 Å². The van der Waals surface area contributed by atoms with Crippen molar-refractivity contribution in [2.24, 2.45) is 0 Å². The van der Waals surface area contributed by atoms with Crippen LogP contribution in [0.4, 0.5) is 10.1 Å². The number of hydrogen-bond donors (Lipinski definition) is 1. The lowest BCUT2D eigenvalue weighted by Gasteiger charge is -2.08. The number of benzene rings is 3. The summed E-state index contributed by atoms with van der Waals surface area (Å²) in [4.78, 5) is 12.7. The van der Waals surface area contributed by atoms with Gasteiger partial charge in [0.25, 0.3) is 5.91 Å². The number of rotatable bonds is 3. The van der Waals surface area contributed by atoms with Crippen molar-refractivity contribution in [1.82, 2.24) is 5.16 Å². The maximum Gasteiger partial charge on any atom is 0.255 e. The van der Waals surface area contributed by atoms with Crippen LogP contribution in [0.3, 0.4) is 0 Å². The van der Waals surface area contributed by atoms with Crippen LogP contribution in [0.1, 0.15) is 21.5 Å². The standard InChI is InChI=1S/C22H17FN2O2/c1-13-3-5-15(6-4-13)21-18-12-16(7-9-20(18)25-27-21)22(26)24-19-10-8-17(23)11-14(19)2/h3-12H,1-2H3,(H,24,26). The van der Waals surface area contributed by atoms with Gasteiger partial charge in [-0.25, -0.2) is 4.39 Å². The van der Waals surface area contributed by atoms with Gasteiger partial charge in [0.05, 0.1) is 5.39 Å². The number of nitrogens with zero attached hydrogens (tertiary/aromatic N) is 1. The van der Waals surface area contributed by atoms with E-state index in [2.05, 4.69) is 10.5 Å². The normalized spacial score (nSPS) is 10.9. The van der Waals surface area contributed by atoms with Gasteiger partial charge in [-0.2, -0.15) is 0 Å². The molecule has 1 N–H and O–H groups in total. The SMILES string of the molecule is Cc1ccc(-c2onc3ccc(C(=O)Nc4ccc(F)cc4C)cc23)cc1. The first-order chi connectivity index (χ1) is 13.0. The van der Waals surface area contributed by atoms with E-state index >= 15 is 0 Å². The van der Waals surface area contributed by atoms with Crippen molar-refractivity contribution in [2.75, 3.05) is 5.32 Å². The van der Waals surface area contributed by atoms with Gasteiger partial charge in [-0.3, -0.25) is 4.79 Å². The smallest absolute Gasteiger partial charge is 0.255 e. The second-order valence-corrected chi connectivity index (χ2v) is 6.52. The first kappa shape index (κ1) is 17.0. The molecule has 0 spiro atoms. The van der Waals surface area contributed by atoms with E-state index in [1.807, 2.05) is 31.2 Å². The van der Waals surface area contributed by atoms with Gasteiger partial charge in [-0.05, 0) is 55.8 Å².